The smallest absolute Gasteiger partial charge is 1.00 e. The number of fused-ring (bicyclic) bond motifs is 1. The number of isothiocyanates is 1. The number of benzene rings is 6. The van der Waals surface area contributed by atoms with E-state index in [4.69, 9.17) is 97.0 Å². The van der Waals surface area contributed by atoms with E-state index in [0.717, 1.165) is 125 Å². The molecule has 1 aromatic heterocycles. The number of rotatable bonds is 18. The molecule has 0 bridgehead atoms. The van der Waals surface area contributed by atoms with Crippen molar-refractivity contribution >= 4 is 196 Å². The average molecular weight is 1920 g/mol. The predicted octanol–water partition coefficient (Wildman–Crippen LogP) is 9.42. The van der Waals surface area contributed by atoms with Crippen LogP contribution in [0.25, 0.3) is 11.0 Å². The van der Waals surface area contributed by atoms with E-state index in [2.05, 4.69) is 132 Å². The van der Waals surface area contributed by atoms with Gasteiger partial charge in [0, 0.05) is 158 Å². The number of nitrogens with one attached hydrogen (secondary N) is 7. The van der Waals surface area contributed by atoms with Crippen molar-refractivity contribution in [2.45, 2.75) is 66.0 Å². The van der Waals surface area contributed by atoms with Crippen molar-refractivity contribution < 1.29 is 165 Å². The quantitative estimate of drug-likeness (QED) is 0.00456. The second-order valence-electron chi connectivity index (χ2n) is 28.1. The van der Waals surface area contributed by atoms with Gasteiger partial charge in [0.25, 0.3) is 17.8 Å². The van der Waals surface area contributed by atoms with Crippen LogP contribution in [0.15, 0.2) is 89.9 Å². The van der Waals surface area contributed by atoms with Crippen LogP contribution < -0.4 is 166 Å². The summed E-state index contributed by atoms with van der Waals surface area (Å²) in [7, 11) is 15.5. The number of likely N-dealkylation sites (N-methyl/N-ethyl adjacent to an activating group) is 4. The number of nitro groups is 2. The van der Waals surface area contributed by atoms with E-state index in [9.17, 15) is 56.2 Å². The minimum atomic E-state index is -4.54. The van der Waals surface area contributed by atoms with Gasteiger partial charge in [-0.25, -0.2) is 4.98 Å². The third kappa shape index (κ3) is 31.1. The van der Waals surface area contributed by atoms with E-state index >= 15 is 0 Å². The van der Waals surface area contributed by atoms with Crippen LogP contribution in [0.4, 0.5) is 94.9 Å². The number of alkyl halides is 6. The molecule has 4 saturated heterocycles. The van der Waals surface area contributed by atoms with Crippen LogP contribution >= 0.6 is 93.4 Å². The molecule has 29 nitrogen and oxygen atoms in total. The summed E-state index contributed by atoms with van der Waals surface area (Å²) in [6.45, 7) is 16.0. The number of nitrogens with two attached hydrogens (primary N) is 1. The van der Waals surface area contributed by atoms with E-state index < -0.39 is 44.8 Å². The van der Waals surface area contributed by atoms with Gasteiger partial charge in [0.05, 0.1) is 101 Å². The molecule has 6 aliphatic rings. The van der Waals surface area contributed by atoms with Gasteiger partial charge in [-0.05, 0) is 138 Å². The number of amides is 2. The standard InChI is InChI=1S/C25H27Cl2F3N6O.C13H10ClF3N2OS.C12H17ClN4O2.C12H19ClN4.C7H6Cl2N2O2.C5H12N2.CH2O3.2CH4.2K.H/c1-34-7-9-36(10-8-34)20-13-21-19(12-17(20)27)33-23(35(21)2)32-18-11-15(3-4-16(18)26)14-31-22(37)24(5-6-24)25(28,29)30;14-9-2-1-8(5-10(9)19-7-21)6-18-11(20)12(3-4-12)13(15,16)17;1-14-10-8-11(9(13)7-12(10)17(18)19)16-5-3-15(2)4-6-16;1-15-11-8-12(9(13)7-10(11)14)17-5-3-16(2)4-6-17;1-10-6-2-4(8)5(9)3-7(6)11(12)13;1-7-4-2-6-3-5-7;2-1-4-3;;;;;/h3-4,11-13H,5-10,14H2,1-2H3,(H,31,37)(H,32,33);1-2,5H,3-4,6H2,(H,18,20);7-8,14H,3-6H2,1-2H3;7-8,15H,3-6,14H2,1-2H3;2-3,10H,1H3;6H,2-5H2,1H3;1,3H;2*1H4;;;/q;;;;;;;;;2*+1;-1/p-1. The fourth-order valence-corrected chi connectivity index (χ4v) is 14.1. The number of piperazine rings is 4. The van der Waals surface area contributed by atoms with Crippen molar-refractivity contribution in [1.29, 1.82) is 0 Å². The van der Waals surface area contributed by atoms with Gasteiger partial charge in [0.1, 0.15) is 22.2 Å². The zero-order valence-electron chi connectivity index (χ0n) is 68.7. The maximum Gasteiger partial charge on any atom is 1.00 e. The Morgan fingerprint density at radius 2 is 0.943 bits per heavy atom. The number of hydrogen-bond donors (Lipinski definition) is 8. The summed E-state index contributed by atoms with van der Waals surface area (Å²) in [6, 6.07) is 23.2. The number of aliphatic imine (C=N–C) groups is 1. The third-order valence-corrected chi connectivity index (χ3v) is 22.5. The number of carbonyl (C=O) groups excluding carboxylic acids is 3. The Labute approximate surface area is 832 Å². The summed E-state index contributed by atoms with van der Waals surface area (Å²) < 4.78 is 79.9. The molecule has 0 unspecified atom stereocenters. The van der Waals surface area contributed by atoms with Crippen LogP contribution in [0.2, 0.25) is 35.2 Å². The molecular formula is C77H101Cl7F6K2N20O9S. The Bertz CT molecular complexity index is 4700. The number of imidazole rings is 1. The topological polar surface area (TPSA) is 333 Å². The molecule has 662 valence electrons. The van der Waals surface area contributed by atoms with Crippen molar-refractivity contribution in [2.24, 2.45) is 22.9 Å². The number of nitrogen functional groups attached to an aromatic ring is 1. The number of nitrogens with zero attached hydrogens (tertiary/aromatic N) is 12. The maximum atomic E-state index is 13.2. The fourth-order valence-electron chi connectivity index (χ4n) is 12.5. The minimum absolute atomic E-state index is 0. The van der Waals surface area contributed by atoms with E-state index in [1.54, 1.807) is 44.4 Å². The molecule has 13 rings (SSSR count). The van der Waals surface area contributed by atoms with E-state index in [1.807, 2.05) is 42.9 Å². The molecule has 2 aliphatic carbocycles. The Morgan fingerprint density at radius 3 is 1.34 bits per heavy atom. The van der Waals surface area contributed by atoms with Gasteiger partial charge < -0.3 is 93.4 Å². The van der Waals surface area contributed by atoms with Gasteiger partial charge >= 0.3 is 115 Å². The first-order valence-electron chi connectivity index (χ1n) is 36.7. The molecular weight excluding hydrogens is 1820 g/mol. The summed E-state index contributed by atoms with van der Waals surface area (Å²) in [4.78, 5) is 80.0. The molecule has 4 aliphatic heterocycles. The predicted molar refractivity (Wildman–Crippen MR) is 473 cm³/mol. The first-order chi connectivity index (χ1) is 55.8. The summed E-state index contributed by atoms with van der Waals surface area (Å²) in [5.41, 5.74) is 10.3. The summed E-state index contributed by atoms with van der Waals surface area (Å²) >= 11 is 47.1. The number of hydrogen-bond acceptors (Lipinski definition) is 25. The maximum absolute atomic E-state index is 13.2. The van der Waals surface area contributed by atoms with Gasteiger partial charge in [0.2, 0.25) is 17.8 Å². The number of thiocarbonyl (C=S) groups is 1. The van der Waals surface area contributed by atoms with Crippen molar-refractivity contribution in [1.82, 2.24) is 45.1 Å². The molecule has 0 atom stereocenters. The van der Waals surface area contributed by atoms with Crippen LogP contribution in [0.1, 0.15) is 53.1 Å². The number of anilines is 9. The second kappa shape index (κ2) is 51.7. The molecule has 5 heterocycles. The molecule has 0 spiro atoms. The first-order valence-corrected chi connectivity index (χ1v) is 39.8. The fraction of sp³-hybridized carbons (Fsp3) is 0.468. The van der Waals surface area contributed by atoms with Crippen LogP contribution in [0.5, 0.6) is 0 Å². The summed E-state index contributed by atoms with van der Waals surface area (Å²) in [5.74, 6) is -1.46. The van der Waals surface area contributed by atoms with Gasteiger partial charge in [-0.1, -0.05) is 108 Å². The zero-order chi connectivity index (χ0) is 87.1. The van der Waals surface area contributed by atoms with E-state index in [1.165, 1.54) is 43.4 Å². The minimum Gasteiger partial charge on any atom is -1.00 e. The van der Waals surface area contributed by atoms with Crippen LogP contribution in [0, 0.1) is 31.1 Å². The van der Waals surface area contributed by atoms with Crippen LogP contribution in [0.3, 0.4) is 0 Å². The molecule has 6 aromatic carbocycles. The molecule has 0 radical (unpaired) electrons. The summed E-state index contributed by atoms with van der Waals surface area (Å²) in [5, 5.41) is 54.9. The number of nitro benzene ring substituents is 2. The Kier molecular flexibility index (Phi) is 47.1. The van der Waals surface area contributed by atoms with Gasteiger partial charge in [-0.2, -0.15) is 31.3 Å². The normalized spacial score (nSPS) is 15.8. The number of aromatic nitrogens is 2. The largest absolute Gasteiger partial charge is 1.00 e. The van der Waals surface area contributed by atoms with Gasteiger partial charge in [0.15, 0.2) is 0 Å². The van der Waals surface area contributed by atoms with Crippen molar-refractivity contribution in [3.63, 3.8) is 0 Å². The monoisotopic (exact) mass is 1920 g/mol. The van der Waals surface area contributed by atoms with E-state index in [-0.39, 0.29) is 186 Å². The SMILES string of the molecule is C.C.CN1CCN(c2cc3c(cc2Cl)nc(Nc2cc(CNC(=O)C4(C(F)(F)F)CC4)ccc2Cl)n3C)CC1.CN1CCNCC1.CNc1cc(Cl)c(Cl)cc1[N+](=O)[O-].CNc1cc(N2CCN(C)CC2)c(Cl)cc1N.CNc1cc(N2CCN(C)CC2)c(Cl)cc1[N+](=O)[O-].O=C(NCc1ccc(Cl)c(N=C=S)c1)C1(C(F)(F)F)CC1.O=CO[O-].[H-].[K+].[K+]. The number of halogens is 13. The second-order valence-corrected chi connectivity index (χ2v) is 31.1. The Balaban J connectivity index is 0.000000520. The zero-order valence-corrected chi connectivity index (χ0v) is 80.0. The van der Waals surface area contributed by atoms with Crippen molar-refractivity contribution in [2.75, 3.05) is 196 Å². The van der Waals surface area contributed by atoms with Gasteiger partial charge in [-0.3, -0.25) is 34.6 Å². The molecule has 45 heteroatoms. The molecule has 9 N–H and O–H groups in total. The Hall–Kier alpha value is -5.16. The van der Waals surface area contributed by atoms with Crippen molar-refractivity contribution in [3.8, 4) is 0 Å². The number of carbonyl (C=O) groups is 3. The molecule has 2 saturated carbocycles. The molecule has 7 aromatic rings. The van der Waals surface area contributed by atoms with Crippen LogP contribution in [-0.2, 0) is 39.4 Å². The first kappa shape index (κ1) is 111. The molecule has 6 fully saturated rings. The van der Waals surface area contributed by atoms with Crippen molar-refractivity contribution in [3.05, 3.63) is 151 Å². The molecule has 122 heavy (non-hydrogen) atoms. The van der Waals surface area contributed by atoms with E-state index in [0.29, 0.717) is 71.1 Å². The Morgan fingerprint density at radius 1 is 0.566 bits per heavy atom. The van der Waals surface area contributed by atoms with Gasteiger partial charge in [-0.15, -0.1) is 0 Å². The molecule has 2 amide bonds. The van der Waals surface area contributed by atoms with Crippen LogP contribution in [-0.4, -0.2) is 229 Å². The average Bonchev–Trinajstić information content (AvgIpc) is 1.60. The number of aryl methyl sites for hydroxylation is 1. The summed E-state index contributed by atoms with van der Waals surface area (Å²) in [6.07, 6.45) is -9.74. The third-order valence-electron chi connectivity index (χ3n) is 20.1.